The maximum absolute atomic E-state index is 12.1. The number of allylic oxidation sites excluding steroid dienone is 2. The maximum atomic E-state index is 12.1. The second kappa shape index (κ2) is 21.0. The van der Waals surface area contributed by atoms with E-state index in [2.05, 4.69) is 88.7 Å². The van der Waals surface area contributed by atoms with Gasteiger partial charge in [-0.1, -0.05) is 85.8 Å². The molecule has 0 spiro atoms. The summed E-state index contributed by atoms with van der Waals surface area (Å²) in [6.07, 6.45) is 18.3. The van der Waals surface area contributed by atoms with Crippen molar-refractivity contribution in [3.63, 3.8) is 0 Å². The monoisotopic (exact) mass is 676 g/mol. The molecule has 0 radical (unpaired) electrons. The molecule has 2 nitrogen and oxygen atoms in total. The van der Waals surface area contributed by atoms with Crippen LogP contribution < -0.4 is 0 Å². The van der Waals surface area contributed by atoms with E-state index in [9.17, 15) is 5.53 Å². The van der Waals surface area contributed by atoms with Gasteiger partial charge in [0.15, 0.2) is 0 Å². The Hall–Kier alpha value is -1.82. The van der Waals surface area contributed by atoms with Gasteiger partial charge in [-0.25, -0.2) is 4.70 Å². The summed E-state index contributed by atoms with van der Waals surface area (Å²) in [4.78, 5) is 0. The molecule has 0 aliphatic carbocycles. The first-order valence-electron chi connectivity index (χ1n) is 17.4. The number of aryl methyl sites for hydroxylation is 4. The van der Waals surface area contributed by atoms with Crippen LogP contribution in [0, 0.1) is 0 Å². The van der Waals surface area contributed by atoms with Gasteiger partial charge in [0.05, 0.1) is 0 Å². The summed E-state index contributed by atoms with van der Waals surface area (Å²) in [5.74, 6) is 0. The second-order valence-corrected chi connectivity index (χ2v) is 13.8. The fourth-order valence-corrected chi connectivity index (χ4v) is 6.15. The number of nitrogens with zero attached hydrogens (tertiary/aromatic N) is 2. The van der Waals surface area contributed by atoms with Crippen molar-refractivity contribution >= 4 is 11.4 Å². The van der Waals surface area contributed by atoms with Crippen LogP contribution in [0.5, 0.6) is 0 Å². The molecule has 0 bridgehead atoms. The number of unbranched alkanes of at least 4 members (excludes halogenated alkanes) is 5. The van der Waals surface area contributed by atoms with Gasteiger partial charge in [-0.2, -0.15) is 0 Å². The summed E-state index contributed by atoms with van der Waals surface area (Å²) >= 11 is 0.950. The van der Waals surface area contributed by atoms with E-state index in [4.69, 9.17) is 0 Å². The van der Waals surface area contributed by atoms with E-state index >= 15 is 0 Å². The van der Waals surface area contributed by atoms with Crippen molar-refractivity contribution in [3.8, 4) is 0 Å². The first-order chi connectivity index (χ1) is 20.9. The molecule has 3 rings (SSSR count). The van der Waals surface area contributed by atoms with Crippen molar-refractivity contribution < 1.29 is 22.7 Å². The average molecular weight is 677 g/mol. The van der Waals surface area contributed by atoms with E-state index in [1.165, 1.54) is 95.9 Å². The number of hydrogen-bond donors (Lipinski definition) is 0. The van der Waals surface area contributed by atoms with E-state index in [0.29, 0.717) is 0 Å². The van der Waals surface area contributed by atoms with Crippen molar-refractivity contribution in [3.05, 3.63) is 86.5 Å². The fourth-order valence-electron chi connectivity index (χ4n) is 6.15. The molecule has 242 valence electrons. The fraction of sp³-hybridized carbons (Fsp3) is 0.600. The minimum atomic E-state index is 0.927. The Kier molecular flexibility index (Phi) is 18.3. The van der Waals surface area contributed by atoms with Crippen LogP contribution in [0.3, 0.4) is 0 Å². The molecular weight excluding hydrogens is 615 g/mol. The molecule has 1 aliphatic heterocycles. The molecule has 1 heterocycles. The van der Waals surface area contributed by atoms with Crippen LogP contribution in [0.1, 0.15) is 152 Å². The zero-order valence-corrected chi connectivity index (χ0v) is 30.5. The summed E-state index contributed by atoms with van der Waals surface area (Å²) in [6.45, 7) is 13.6. The van der Waals surface area contributed by atoms with Crippen LogP contribution in [0.2, 0.25) is 10.8 Å². The molecule has 0 saturated carbocycles. The topological polar surface area (TPSA) is 25.3 Å². The summed E-state index contributed by atoms with van der Waals surface area (Å²) in [6, 6.07) is 14.3. The van der Waals surface area contributed by atoms with Crippen molar-refractivity contribution in [2.45, 2.75) is 155 Å². The van der Waals surface area contributed by atoms with Crippen LogP contribution in [0.25, 0.3) is 16.9 Å². The first-order valence-corrected chi connectivity index (χ1v) is 20.5. The van der Waals surface area contributed by atoms with Crippen LogP contribution in [-0.4, -0.2) is 4.70 Å². The van der Waals surface area contributed by atoms with Crippen LogP contribution >= 0.6 is 0 Å². The van der Waals surface area contributed by atoms with Gasteiger partial charge in [0.25, 0.3) is 0 Å². The standard InChI is InChI=1S/C38H56N2.2CH3.Pd/c1-7-13-18-29-23-30(19-14-8-2)26-33(25-29)37-35(12-6)36(22-17-11-5)38(40(37)39)34-27-31(20-15-9-3)24-32(28-34)21-16-10-4;;;/h23-28H,7-22H2,1-6H3;2*1H3;. The molecule has 0 unspecified atom stereocenters. The number of rotatable bonds is 18. The third-order valence-electron chi connectivity index (χ3n) is 8.42. The summed E-state index contributed by atoms with van der Waals surface area (Å²) in [5, 5.41) is 4.35. The van der Waals surface area contributed by atoms with E-state index in [1.54, 1.807) is 4.70 Å². The molecule has 1 aliphatic rings. The molecule has 43 heavy (non-hydrogen) atoms. The summed E-state index contributed by atoms with van der Waals surface area (Å²) in [5.41, 5.74) is 24.9. The Morgan fingerprint density at radius 1 is 0.488 bits per heavy atom. The van der Waals surface area contributed by atoms with Gasteiger partial charge in [0.1, 0.15) is 0 Å². The third kappa shape index (κ3) is 11.2. The summed E-state index contributed by atoms with van der Waals surface area (Å²) < 4.78 is 1.59. The number of benzene rings is 2. The van der Waals surface area contributed by atoms with Gasteiger partial charge in [-0.3, -0.25) is 0 Å². The minimum absolute atomic E-state index is 0.927. The van der Waals surface area contributed by atoms with Crippen molar-refractivity contribution in [1.82, 2.24) is 0 Å². The van der Waals surface area contributed by atoms with Crippen molar-refractivity contribution in [2.75, 3.05) is 0 Å². The Morgan fingerprint density at radius 3 is 1.09 bits per heavy atom. The summed E-state index contributed by atoms with van der Waals surface area (Å²) in [7, 11) is 0. The predicted octanol–water partition coefficient (Wildman–Crippen LogP) is 13.0. The van der Waals surface area contributed by atoms with Crippen LogP contribution in [0.15, 0.2) is 47.5 Å². The molecule has 2 aromatic carbocycles. The van der Waals surface area contributed by atoms with E-state index in [-0.39, 0.29) is 0 Å². The average Bonchev–Trinajstić information content (AvgIpc) is 3.30. The third-order valence-corrected chi connectivity index (χ3v) is 8.42. The Labute approximate surface area is 274 Å². The SMILES string of the molecule is CCCCC1=C(c2cc(CCCC)cc(CCCC)c2)[N+](=[N-])C(c2cc(CCCC)cc(CCCC)c2)=C1CC.[CH3][Pd][CH3]. The zero-order chi connectivity index (χ0) is 31.6. The van der Waals surface area contributed by atoms with Gasteiger partial charge < -0.3 is 5.53 Å². The molecule has 0 saturated heterocycles. The normalized spacial score (nSPS) is 13.3. The molecule has 3 heteroatoms. The van der Waals surface area contributed by atoms with Gasteiger partial charge in [-0.15, -0.1) is 0 Å². The van der Waals surface area contributed by atoms with Crippen molar-refractivity contribution in [1.29, 1.82) is 0 Å². The molecular formula is C40H62N2Pd. The molecule has 0 aromatic heterocycles. The molecule has 2 aromatic rings. The quantitative estimate of drug-likeness (QED) is 0.111. The second-order valence-electron chi connectivity index (χ2n) is 12.2. The van der Waals surface area contributed by atoms with Gasteiger partial charge in [-0.05, 0) is 117 Å². The molecule has 0 N–H and O–H groups in total. The molecule has 0 amide bonds. The zero-order valence-electron chi connectivity index (χ0n) is 29.0. The van der Waals surface area contributed by atoms with Gasteiger partial charge in [0.2, 0.25) is 11.4 Å². The van der Waals surface area contributed by atoms with Gasteiger partial charge in [0, 0.05) is 22.3 Å². The van der Waals surface area contributed by atoms with E-state index < -0.39 is 0 Å². The van der Waals surface area contributed by atoms with Crippen LogP contribution in [0.4, 0.5) is 0 Å². The predicted molar refractivity (Wildman–Crippen MR) is 186 cm³/mol. The van der Waals surface area contributed by atoms with Crippen molar-refractivity contribution in [2.24, 2.45) is 0 Å². The van der Waals surface area contributed by atoms with Crippen LogP contribution in [-0.2, 0) is 43.7 Å². The first kappa shape index (κ1) is 37.4. The van der Waals surface area contributed by atoms with E-state index in [1.807, 2.05) is 0 Å². The molecule has 0 fully saturated rings. The van der Waals surface area contributed by atoms with Gasteiger partial charge >= 0.3 is 28.8 Å². The number of hydrogen-bond acceptors (Lipinski definition) is 0. The van der Waals surface area contributed by atoms with E-state index in [0.717, 1.165) is 80.7 Å². The Morgan fingerprint density at radius 2 is 0.791 bits per heavy atom. The Balaban J connectivity index is 0.00000206. The Bertz CT molecular complexity index is 1150. The molecule has 0 atom stereocenters.